The zero-order valence-corrected chi connectivity index (χ0v) is 12.9. The van der Waals surface area contributed by atoms with Crippen LogP contribution in [0.2, 0.25) is 0 Å². The monoisotopic (exact) mass is 334 g/mol. The minimum absolute atomic E-state index is 0.187. The van der Waals surface area contributed by atoms with Gasteiger partial charge >= 0.3 is 6.18 Å². The molecule has 0 aliphatic carbocycles. The van der Waals surface area contributed by atoms with Gasteiger partial charge in [-0.15, -0.1) is 0 Å². The van der Waals surface area contributed by atoms with Crippen LogP contribution in [-0.4, -0.2) is 19.0 Å². The average molecular weight is 334 g/mol. The molecule has 126 valence electrons. The number of rotatable bonds is 3. The molecule has 0 radical (unpaired) electrons. The highest BCUT2D eigenvalue weighted by Crippen LogP contribution is 2.29. The lowest BCUT2D eigenvalue weighted by Crippen LogP contribution is -2.13. The molecular formula is C18H17F3N2O. The van der Waals surface area contributed by atoms with E-state index in [0.29, 0.717) is 11.6 Å². The Morgan fingerprint density at radius 2 is 1.71 bits per heavy atom. The smallest absolute Gasteiger partial charge is 0.322 e. The van der Waals surface area contributed by atoms with Crippen molar-refractivity contribution in [3.63, 3.8) is 0 Å². The van der Waals surface area contributed by atoms with Gasteiger partial charge in [0.15, 0.2) is 0 Å². The molecule has 2 aromatic carbocycles. The number of amides is 1. The predicted octanol–water partition coefficient (Wildman–Crippen LogP) is 4.03. The maximum atomic E-state index is 12.5. The SMILES string of the molecule is O=C(Nc1ccc(C2CCNC2)cc1)c1ccc(C(F)(F)F)cc1. The molecule has 0 spiro atoms. The van der Waals surface area contributed by atoms with Gasteiger partial charge in [-0.2, -0.15) is 13.2 Å². The van der Waals surface area contributed by atoms with E-state index in [1.54, 1.807) is 0 Å². The van der Waals surface area contributed by atoms with Crippen molar-refractivity contribution in [2.45, 2.75) is 18.5 Å². The van der Waals surface area contributed by atoms with Crippen LogP contribution in [0.3, 0.4) is 0 Å². The summed E-state index contributed by atoms with van der Waals surface area (Å²) in [5.41, 5.74) is 1.25. The number of carbonyl (C=O) groups excluding carboxylic acids is 1. The molecule has 1 fully saturated rings. The molecule has 2 aromatic rings. The number of halogens is 3. The standard InChI is InChI=1S/C18H17F3N2O/c19-18(20,21)15-5-1-13(2-6-15)17(24)23-16-7-3-12(4-8-16)14-9-10-22-11-14/h1-8,14,22H,9-11H2,(H,23,24). The zero-order valence-electron chi connectivity index (χ0n) is 12.9. The second-order valence-corrected chi connectivity index (χ2v) is 5.84. The number of benzene rings is 2. The molecule has 0 bridgehead atoms. The lowest BCUT2D eigenvalue weighted by atomic mass is 9.98. The van der Waals surface area contributed by atoms with Crippen molar-refractivity contribution >= 4 is 11.6 Å². The lowest BCUT2D eigenvalue weighted by molar-refractivity contribution is -0.137. The first-order chi connectivity index (χ1) is 11.4. The Labute approximate surface area is 137 Å². The van der Waals surface area contributed by atoms with E-state index in [4.69, 9.17) is 0 Å². The molecule has 2 N–H and O–H groups in total. The number of nitrogens with one attached hydrogen (secondary N) is 2. The summed E-state index contributed by atoms with van der Waals surface area (Å²) in [4.78, 5) is 12.1. The summed E-state index contributed by atoms with van der Waals surface area (Å²) in [5, 5.41) is 6.00. The minimum atomic E-state index is -4.40. The molecular weight excluding hydrogens is 317 g/mol. The predicted molar refractivity (Wildman–Crippen MR) is 86.1 cm³/mol. The average Bonchev–Trinajstić information content (AvgIpc) is 3.09. The van der Waals surface area contributed by atoms with Gasteiger partial charge in [0.25, 0.3) is 5.91 Å². The van der Waals surface area contributed by atoms with Gasteiger partial charge in [0.2, 0.25) is 0 Å². The highest BCUT2D eigenvalue weighted by molar-refractivity contribution is 6.04. The van der Waals surface area contributed by atoms with E-state index in [9.17, 15) is 18.0 Å². The van der Waals surface area contributed by atoms with Crippen LogP contribution < -0.4 is 10.6 Å². The molecule has 0 saturated carbocycles. The van der Waals surface area contributed by atoms with Gasteiger partial charge in [-0.1, -0.05) is 12.1 Å². The number of alkyl halides is 3. The Kier molecular flexibility index (Phi) is 4.57. The molecule has 1 saturated heterocycles. The van der Waals surface area contributed by atoms with Crippen molar-refractivity contribution in [3.05, 3.63) is 65.2 Å². The fourth-order valence-corrected chi connectivity index (χ4v) is 2.79. The molecule has 1 aliphatic heterocycles. The summed E-state index contributed by atoms with van der Waals surface area (Å²) in [6.45, 7) is 1.97. The van der Waals surface area contributed by atoms with E-state index >= 15 is 0 Å². The van der Waals surface area contributed by atoms with Crippen LogP contribution in [-0.2, 0) is 6.18 Å². The van der Waals surface area contributed by atoms with Gasteiger partial charge in [0.1, 0.15) is 0 Å². The quantitative estimate of drug-likeness (QED) is 0.890. The van der Waals surface area contributed by atoms with Gasteiger partial charge in [-0.05, 0) is 60.8 Å². The largest absolute Gasteiger partial charge is 0.416 e. The van der Waals surface area contributed by atoms with Crippen LogP contribution in [0.4, 0.5) is 18.9 Å². The molecule has 3 nitrogen and oxygen atoms in total. The summed E-state index contributed by atoms with van der Waals surface area (Å²) >= 11 is 0. The van der Waals surface area contributed by atoms with Crippen molar-refractivity contribution in [2.75, 3.05) is 18.4 Å². The van der Waals surface area contributed by atoms with Gasteiger partial charge in [0.05, 0.1) is 5.56 Å². The van der Waals surface area contributed by atoms with E-state index in [1.165, 1.54) is 17.7 Å². The maximum Gasteiger partial charge on any atom is 0.416 e. The summed E-state index contributed by atoms with van der Waals surface area (Å²) < 4.78 is 37.6. The van der Waals surface area contributed by atoms with Crippen molar-refractivity contribution in [1.29, 1.82) is 0 Å². The van der Waals surface area contributed by atoms with Crippen molar-refractivity contribution in [2.24, 2.45) is 0 Å². The van der Waals surface area contributed by atoms with E-state index in [1.807, 2.05) is 24.3 Å². The molecule has 1 aliphatic rings. The second-order valence-electron chi connectivity index (χ2n) is 5.84. The summed E-state index contributed by atoms with van der Waals surface area (Å²) in [6.07, 6.45) is -3.31. The van der Waals surface area contributed by atoms with Crippen LogP contribution in [0, 0.1) is 0 Å². The first-order valence-electron chi connectivity index (χ1n) is 7.73. The molecule has 1 atom stereocenters. The van der Waals surface area contributed by atoms with Gasteiger partial charge in [-0.3, -0.25) is 4.79 Å². The maximum absolute atomic E-state index is 12.5. The van der Waals surface area contributed by atoms with Crippen LogP contribution >= 0.6 is 0 Å². The summed E-state index contributed by atoms with van der Waals surface area (Å²) in [6, 6.07) is 11.7. The first-order valence-corrected chi connectivity index (χ1v) is 7.73. The Morgan fingerprint density at radius 3 is 2.25 bits per heavy atom. The van der Waals surface area contributed by atoms with Crippen LogP contribution in [0.1, 0.15) is 33.8 Å². The number of hydrogen-bond donors (Lipinski definition) is 2. The highest BCUT2D eigenvalue weighted by atomic mass is 19.4. The Hall–Kier alpha value is -2.34. The third-order valence-corrected chi connectivity index (χ3v) is 4.17. The Balaban J connectivity index is 1.66. The number of anilines is 1. The third-order valence-electron chi connectivity index (χ3n) is 4.17. The van der Waals surface area contributed by atoms with Crippen LogP contribution in [0.25, 0.3) is 0 Å². The normalized spacial score (nSPS) is 17.7. The Morgan fingerprint density at radius 1 is 1.04 bits per heavy atom. The van der Waals surface area contributed by atoms with Gasteiger partial charge < -0.3 is 10.6 Å². The lowest BCUT2D eigenvalue weighted by Gasteiger charge is -2.11. The molecule has 6 heteroatoms. The van der Waals surface area contributed by atoms with Crippen LogP contribution in [0.5, 0.6) is 0 Å². The number of carbonyl (C=O) groups is 1. The van der Waals surface area contributed by atoms with E-state index < -0.39 is 17.6 Å². The molecule has 0 aromatic heterocycles. The van der Waals surface area contributed by atoms with Gasteiger partial charge in [0, 0.05) is 17.8 Å². The molecule has 1 heterocycles. The second kappa shape index (κ2) is 6.65. The fourth-order valence-electron chi connectivity index (χ4n) is 2.79. The number of hydrogen-bond acceptors (Lipinski definition) is 2. The third kappa shape index (κ3) is 3.76. The van der Waals surface area contributed by atoms with Crippen molar-refractivity contribution < 1.29 is 18.0 Å². The van der Waals surface area contributed by atoms with E-state index in [0.717, 1.165) is 31.6 Å². The van der Waals surface area contributed by atoms with E-state index in [2.05, 4.69) is 10.6 Å². The summed E-state index contributed by atoms with van der Waals surface area (Å²) in [5.74, 6) is 0.0590. The highest BCUT2D eigenvalue weighted by Gasteiger charge is 2.30. The summed E-state index contributed by atoms with van der Waals surface area (Å²) in [7, 11) is 0. The minimum Gasteiger partial charge on any atom is -0.322 e. The van der Waals surface area contributed by atoms with Crippen molar-refractivity contribution in [3.8, 4) is 0 Å². The Bertz CT molecular complexity index is 703. The topological polar surface area (TPSA) is 41.1 Å². The van der Waals surface area contributed by atoms with Gasteiger partial charge in [-0.25, -0.2) is 0 Å². The van der Waals surface area contributed by atoms with E-state index in [-0.39, 0.29) is 5.56 Å². The first kappa shape index (κ1) is 16.5. The molecule has 3 rings (SSSR count). The molecule has 1 amide bonds. The zero-order chi connectivity index (χ0) is 17.2. The fraction of sp³-hybridized carbons (Fsp3) is 0.278. The van der Waals surface area contributed by atoms with Crippen molar-refractivity contribution in [1.82, 2.24) is 5.32 Å². The molecule has 1 unspecified atom stereocenters. The molecule has 24 heavy (non-hydrogen) atoms. The van der Waals surface area contributed by atoms with Crippen LogP contribution in [0.15, 0.2) is 48.5 Å².